The maximum Gasteiger partial charge on any atom is 0.347 e. The zero-order chi connectivity index (χ0) is 29.1. The van der Waals surface area contributed by atoms with Gasteiger partial charge in [-0.1, -0.05) is 23.7 Å². The number of ether oxygens (including phenoxy) is 4. The van der Waals surface area contributed by atoms with Gasteiger partial charge in [0.15, 0.2) is 23.4 Å². The van der Waals surface area contributed by atoms with Crippen LogP contribution < -0.4 is 19.8 Å². The van der Waals surface area contributed by atoms with Gasteiger partial charge in [-0.05, 0) is 62.4 Å². The lowest BCUT2D eigenvalue weighted by Gasteiger charge is -2.18. The Morgan fingerprint density at radius 3 is 2.54 bits per heavy atom. The Kier molecular flexibility index (Phi) is 7.93. The number of para-hydroxylation sites is 1. The first-order valence-corrected chi connectivity index (χ1v) is 13.1. The van der Waals surface area contributed by atoms with Crippen LogP contribution >= 0.6 is 11.6 Å². The van der Waals surface area contributed by atoms with Crippen molar-refractivity contribution in [1.82, 2.24) is 9.66 Å². The van der Waals surface area contributed by atoms with Crippen LogP contribution in [-0.2, 0) is 9.53 Å². The predicted molar refractivity (Wildman–Crippen MR) is 155 cm³/mol. The highest BCUT2D eigenvalue weighted by Crippen LogP contribution is 2.39. The van der Waals surface area contributed by atoms with Gasteiger partial charge >= 0.3 is 5.97 Å². The van der Waals surface area contributed by atoms with E-state index in [2.05, 4.69) is 5.10 Å². The van der Waals surface area contributed by atoms with E-state index in [-0.39, 0.29) is 23.7 Å². The standard InChI is InChI=1S/C30H26ClN3O7/c1-5-39-30(36)17(2)40-27-24(37-3)12-18(13-25(27)38-4)16-32-34-28(33-22-9-7-6-8-21(22)29(34)35)26-15-19-14-20(31)10-11-23(19)41-26/h6-17H,5H2,1-4H3/t17-/m0/s1. The number of aromatic nitrogens is 2. The van der Waals surface area contributed by atoms with E-state index in [1.165, 1.54) is 25.1 Å². The summed E-state index contributed by atoms with van der Waals surface area (Å²) in [6.45, 7) is 3.51. The van der Waals surface area contributed by atoms with Crippen molar-refractivity contribution in [3.63, 3.8) is 0 Å². The maximum absolute atomic E-state index is 13.6. The van der Waals surface area contributed by atoms with Crippen molar-refractivity contribution in [1.29, 1.82) is 0 Å². The Bertz CT molecular complexity index is 1820. The molecule has 5 rings (SSSR count). The first-order valence-electron chi connectivity index (χ1n) is 12.7. The van der Waals surface area contributed by atoms with Crippen LogP contribution in [0.1, 0.15) is 19.4 Å². The molecular weight excluding hydrogens is 550 g/mol. The summed E-state index contributed by atoms with van der Waals surface area (Å²) in [7, 11) is 2.92. The van der Waals surface area contributed by atoms with Crippen molar-refractivity contribution < 1.29 is 28.2 Å². The van der Waals surface area contributed by atoms with Crippen molar-refractivity contribution in [2.24, 2.45) is 5.10 Å². The molecule has 0 spiro atoms. The van der Waals surface area contributed by atoms with Gasteiger partial charge < -0.3 is 23.4 Å². The second-order valence-corrected chi connectivity index (χ2v) is 9.31. The smallest absolute Gasteiger partial charge is 0.347 e. The van der Waals surface area contributed by atoms with E-state index < -0.39 is 12.1 Å². The molecule has 3 aromatic carbocycles. The van der Waals surface area contributed by atoms with Crippen molar-refractivity contribution in [2.45, 2.75) is 20.0 Å². The van der Waals surface area contributed by atoms with Gasteiger partial charge in [0.2, 0.25) is 11.6 Å². The maximum atomic E-state index is 13.6. The summed E-state index contributed by atoms with van der Waals surface area (Å²) in [5.74, 6) is 0.832. The highest BCUT2D eigenvalue weighted by molar-refractivity contribution is 6.31. The number of carbonyl (C=O) groups excluding carboxylic acids is 1. The minimum absolute atomic E-state index is 0.208. The Morgan fingerprint density at radius 2 is 1.83 bits per heavy atom. The molecule has 2 aromatic heterocycles. The molecule has 0 N–H and O–H groups in total. The lowest BCUT2D eigenvalue weighted by Crippen LogP contribution is -2.26. The summed E-state index contributed by atoms with van der Waals surface area (Å²) in [6, 6.07) is 17.3. The minimum atomic E-state index is -0.902. The number of benzene rings is 3. The molecule has 0 fully saturated rings. The van der Waals surface area contributed by atoms with Gasteiger partial charge in [0.05, 0.1) is 37.9 Å². The first-order chi connectivity index (χ1) is 19.8. The fourth-order valence-electron chi connectivity index (χ4n) is 4.21. The lowest BCUT2D eigenvalue weighted by atomic mass is 10.2. The van der Waals surface area contributed by atoms with Gasteiger partial charge in [0, 0.05) is 16.0 Å². The molecule has 2 heterocycles. The third-order valence-corrected chi connectivity index (χ3v) is 6.41. The number of esters is 1. The number of hydrogen-bond donors (Lipinski definition) is 0. The Hall–Kier alpha value is -4.83. The SMILES string of the molecule is CCOC(=O)[C@H](C)Oc1c(OC)cc(C=Nn2c(-c3cc4cc(Cl)ccc4o3)nc3ccccc3c2=O)cc1OC. The lowest BCUT2D eigenvalue weighted by molar-refractivity contribution is -0.150. The molecule has 0 bridgehead atoms. The Labute approximate surface area is 239 Å². The van der Waals surface area contributed by atoms with Gasteiger partial charge in [0.25, 0.3) is 5.56 Å². The Balaban J connectivity index is 1.60. The van der Waals surface area contributed by atoms with Crippen molar-refractivity contribution >= 4 is 45.7 Å². The normalized spacial score (nSPS) is 12.1. The van der Waals surface area contributed by atoms with Crippen LogP contribution in [0.25, 0.3) is 33.5 Å². The molecule has 0 saturated heterocycles. The summed E-state index contributed by atoms with van der Waals surface area (Å²) < 4.78 is 29.1. The van der Waals surface area contributed by atoms with Crippen LogP contribution in [0.2, 0.25) is 5.02 Å². The third kappa shape index (κ3) is 5.59. The number of methoxy groups -OCH3 is 2. The van der Waals surface area contributed by atoms with E-state index in [9.17, 15) is 9.59 Å². The van der Waals surface area contributed by atoms with Crippen molar-refractivity contribution in [2.75, 3.05) is 20.8 Å². The van der Waals surface area contributed by atoms with Crippen molar-refractivity contribution in [3.8, 4) is 28.8 Å². The van der Waals surface area contributed by atoms with Gasteiger partial charge in [0.1, 0.15) is 5.58 Å². The summed E-state index contributed by atoms with van der Waals surface area (Å²) in [4.78, 5) is 30.4. The van der Waals surface area contributed by atoms with E-state index in [1.54, 1.807) is 74.5 Å². The largest absolute Gasteiger partial charge is 0.493 e. The quantitative estimate of drug-likeness (QED) is 0.163. The molecule has 0 saturated carbocycles. The van der Waals surface area contributed by atoms with E-state index in [0.29, 0.717) is 44.3 Å². The molecule has 41 heavy (non-hydrogen) atoms. The van der Waals surface area contributed by atoms with Crippen LogP contribution in [0, 0.1) is 0 Å². The molecule has 11 heteroatoms. The number of halogens is 1. The van der Waals surface area contributed by atoms with Crippen LogP contribution in [-0.4, -0.2) is 48.8 Å². The summed E-state index contributed by atoms with van der Waals surface area (Å²) in [5.41, 5.74) is 1.22. The van der Waals surface area contributed by atoms with E-state index in [0.717, 1.165) is 5.39 Å². The number of carbonyl (C=O) groups is 1. The molecule has 10 nitrogen and oxygen atoms in total. The Morgan fingerprint density at radius 1 is 1.10 bits per heavy atom. The minimum Gasteiger partial charge on any atom is -0.493 e. The van der Waals surface area contributed by atoms with Gasteiger partial charge in [-0.25, -0.2) is 9.78 Å². The molecule has 0 unspecified atom stereocenters. The van der Waals surface area contributed by atoms with E-state index in [1.807, 2.05) is 0 Å². The molecule has 0 aliphatic carbocycles. The number of hydrogen-bond acceptors (Lipinski definition) is 9. The second-order valence-electron chi connectivity index (χ2n) is 8.87. The van der Waals surface area contributed by atoms with Crippen LogP contribution in [0.15, 0.2) is 75.0 Å². The summed E-state index contributed by atoms with van der Waals surface area (Å²) in [6.07, 6.45) is 0.561. The average Bonchev–Trinajstić information content (AvgIpc) is 3.40. The van der Waals surface area contributed by atoms with Gasteiger partial charge in [-0.15, -0.1) is 0 Å². The first kappa shape index (κ1) is 27.7. The number of nitrogens with zero attached hydrogens (tertiary/aromatic N) is 3. The van der Waals surface area contributed by atoms with E-state index in [4.69, 9.17) is 39.9 Å². The summed E-state index contributed by atoms with van der Waals surface area (Å²) >= 11 is 6.16. The summed E-state index contributed by atoms with van der Waals surface area (Å²) in [5, 5.41) is 6.19. The molecule has 210 valence electrons. The fraction of sp³-hybridized carbons (Fsp3) is 0.200. The second kappa shape index (κ2) is 11.7. The highest BCUT2D eigenvalue weighted by Gasteiger charge is 2.22. The number of furan rings is 1. The van der Waals surface area contributed by atoms with Crippen molar-refractivity contribution in [3.05, 3.63) is 81.6 Å². The highest BCUT2D eigenvalue weighted by atomic mass is 35.5. The molecule has 5 aromatic rings. The molecule has 1 atom stereocenters. The molecule has 0 amide bonds. The number of fused-ring (bicyclic) bond motifs is 2. The zero-order valence-corrected chi connectivity index (χ0v) is 23.5. The molecule has 0 aliphatic heterocycles. The fourth-order valence-corrected chi connectivity index (χ4v) is 4.40. The molecule has 0 radical (unpaired) electrons. The van der Waals surface area contributed by atoms with E-state index >= 15 is 0 Å². The van der Waals surface area contributed by atoms with Crippen LogP contribution in [0.3, 0.4) is 0 Å². The molecule has 0 aliphatic rings. The average molecular weight is 576 g/mol. The predicted octanol–water partition coefficient (Wildman–Crippen LogP) is 5.69. The number of rotatable bonds is 9. The topological polar surface area (TPSA) is 114 Å². The van der Waals surface area contributed by atoms with Crippen LogP contribution in [0.5, 0.6) is 17.2 Å². The monoisotopic (exact) mass is 575 g/mol. The van der Waals surface area contributed by atoms with Gasteiger partial charge in [-0.2, -0.15) is 9.78 Å². The zero-order valence-electron chi connectivity index (χ0n) is 22.7. The van der Waals surface area contributed by atoms with Gasteiger partial charge in [-0.3, -0.25) is 4.79 Å². The third-order valence-electron chi connectivity index (χ3n) is 6.17. The molecular formula is C30H26ClN3O7. The van der Waals surface area contributed by atoms with Crippen LogP contribution in [0.4, 0.5) is 0 Å².